The number of halogens is 2. The van der Waals surface area contributed by atoms with Crippen molar-refractivity contribution in [3.05, 3.63) is 39.6 Å². The number of hydrogen-bond donors (Lipinski definition) is 2. The van der Waals surface area contributed by atoms with Gasteiger partial charge < -0.3 is 15.4 Å². The third-order valence-electron chi connectivity index (χ3n) is 6.12. The number of aryl methyl sites for hydroxylation is 1. The monoisotopic (exact) mass is 458 g/mol. The quantitative estimate of drug-likeness (QED) is 0.693. The fourth-order valence-electron chi connectivity index (χ4n) is 4.76. The maximum atomic E-state index is 13.4. The van der Waals surface area contributed by atoms with Gasteiger partial charge in [-0.15, -0.1) is 36.2 Å². The average Bonchev–Trinajstić information content (AvgIpc) is 3.39. The van der Waals surface area contributed by atoms with Crippen LogP contribution < -0.4 is 15.4 Å². The number of nitrogens with one attached hydrogen (secondary N) is 2. The second-order valence-electron chi connectivity index (χ2n) is 7.74. The lowest BCUT2D eigenvalue weighted by Gasteiger charge is -2.34. The van der Waals surface area contributed by atoms with E-state index in [1.807, 2.05) is 19.4 Å². The molecule has 4 rings (SSSR count). The van der Waals surface area contributed by atoms with E-state index in [2.05, 4.69) is 26.0 Å². The predicted molar refractivity (Wildman–Crippen MR) is 119 cm³/mol. The minimum atomic E-state index is -0.417. The summed E-state index contributed by atoms with van der Waals surface area (Å²) < 4.78 is 5.48. The molecule has 4 heterocycles. The van der Waals surface area contributed by atoms with Crippen LogP contribution in [0.2, 0.25) is 0 Å². The molecule has 0 radical (unpaired) electrons. The van der Waals surface area contributed by atoms with Gasteiger partial charge in [0, 0.05) is 41.2 Å². The lowest BCUT2D eigenvalue weighted by molar-refractivity contribution is -0.132. The average molecular weight is 459 g/mol. The van der Waals surface area contributed by atoms with Crippen LogP contribution in [-0.4, -0.2) is 35.1 Å². The van der Waals surface area contributed by atoms with Crippen LogP contribution in [0, 0.1) is 19.3 Å². The van der Waals surface area contributed by atoms with E-state index in [1.165, 1.54) is 0 Å². The maximum Gasteiger partial charge on any atom is 0.228 e. The molecule has 2 aromatic rings. The molecule has 2 bridgehead atoms. The Bertz CT molecular complexity index is 849. The number of rotatable bonds is 6. The Morgan fingerprint density at radius 3 is 2.72 bits per heavy atom. The van der Waals surface area contributed by atoms with Crippen molar-refractivity contribution in [1.29, 1.82) is 0 Å². The molecule has 2 saturated heterocycles. The molecule has 3 atom stereocenters. The fourth-order valence-corrected chi connectivity index (χ4v) is 5.32. The van der Waals surface area contributed by atoms with Crippen LogP contribution >= 0.6 is 36.2 Å². The number of carbonyl (C=O) groups is 1. The Morgan fingerprint density at radius 2 is 2.14 bits per heavy atom. The number of nitrogens with zero attached hydrogens (tertiary/aromatic N) is 2. The summed E-state index contributed by atoms with van der Waals surface area (Å²) >= 11 is 1.58. The van der Waals surface area contributed by atoms with E-state index in [-0.39, 0.29) is 36.8 Å². The second kappa shape index (κ2) is 9.60. The molecule has 0 aromatic carbocycles. The molecule has 6 nitrogen and oxygen atoms in total. The molecule has 29 heavy (non-hydrogen) atoms. The largest absolute Gasteiger partial charge is 0.496 e. The smallest absolute Gasteiger partial charge is 0.228 e. The van der Waals surface area contributed by atoms with Crippen molar-refractivity contribution >= 4 is 42.1 Å². The van der Waals surface area contributed by atoms with Crippen LogP contribution in [0.5, 0.6) is 5.75 Å². The van der Waals surface area contributed by atoms with Crippen LogP contribution in [0.25, 0.3) is 0 Å². The minimum Gasteiger partial charge on any atom is -0.496 e. The van der Waals surface area contributed by atoms with Crippen molar-refractivity contribution in [2.24, 2.45) is 5.41 Å². The zero-order chi connectivity index (χ0) is 19.0. The van der Waals surface area contributed by atoms with Crippen molar-refractivity contribution in [2.75, 3.05) is 7.11 Å². The molecule has 9 heteroatoms. The van der Waals surface area contributed by atoms with Crippen LogP contribution in [0.3, 0.4) is 0 Å². The summed E-state index contributed by atoms with van der Waals surface area (Å²) in [6.07, 6.45) is 5.59. The topological polar surface area (TPSA) is 76.1 Å². The van der Waals surface area contributed by atoms with E-state index in [1.54, 1.807) is 24.6 Å². The van der Waals surface area contributed by atoms with Crippen LogP contribution in [-0.2, 0) is 17.8 Å². The van der Waals surface area contributed by atoms with Crippen molar-refractivity contribution in [3.63, 3.8) is 0 Å². The first-order chi connectivity index (χ1) is 13.0. The van der Waals surface area contributed by atoms with E-state index in [0.717, 1.165) is 47.5 Å². The maximum absolute atomic E-state index is 13.4. The van der Waals surface area contributed by atoms with Gasteiger partial charge in [0.2, 0.25) is 5.91 Å². The molecular weight excluding hydrogens is 431 g/mol. The molecule has 1 amide bonds. The first kappa shape index (κ1) is 23.9. The van der Waals surface area contributed by atoms with E-state index >= 15 is 0 Å². The Kier molecular flexibility index (Phi) is 7.90. The summed E-state index contributed by atoms with van der Waals surface area (Å²) in [5.41, 5.74) is 5.27. The Morgan fingerprint density at radius 1 is 1.34 bits per heavy atom. The fraction of sp³-hybridized carbons (Fsp3) is 0.550. The number of pyridine rings is 1. The third-order valence-corrected chi connectivity index (χ3v) is 6.75. The van der Waals surface area contributed by atoms with Crippen molar-refractivity contribution in [2.45, 2.75) is 58.2 Å². The van der Waals surface area contributed by atoms with E-state index in [0.29, 0.717) is 19.0 Å². The highest BCUT2D eigenvalue weighted by molar-refractivity contribution is 7.07. The summed E-state index contributed by atoms with van der Waals surface area (Å²) in [5.74, 6) is 0.948. The van der Waals surface area contributed by atoms with Gasteiger partial charge in [-0.3, -0.25) is 9.78 Å². The van der Waals surface area contributed by atoms with Gasteiger partial charge in [-0.1, -0.05) is 0 Å². The van der Waals surface area contributed by atoms with Crippen molar-refractivity contribution in [3.8, 4) is 5.75 Å². The van der Waals surface area contributed by atoms with Crippen LogP contribution in [0.1, 0.15) is 41.8 Å². The third kappa shape index (κ3) is 4.38. The number of fused-ring (bicyclic) bond motifs is 2. The first-order valence-corrected chi connectivity index (χ1v) is 10.4. The van der Waals surface area contributed by atoms with E-state index in [4.69, 9.17) is 4.74 Å². The number of thiazole rings is 1. The Balaban J connectivity index is 0.00000150. The van der Waals surface area contributed by atoms with Crippen LogP contribution in [0.4, 0.5) is 0 Å². The molecule has 0 spiro atoms. The van der Waals surface area contributed by atoms with Gasteiger partial charge in [0.25, 0.3) is 0 Å². The van der Waals surface area contributed by atoms with Gasteiger partial charge in [-0.25, -0.2) is 4.98 Å². The lowest BCUT2D eigenvalue weighted by atomic mass is 9.70. The second-order valence-corrected chi connectivity index (χ2v) is 8.46. The summed E-state index contributed by atoms with van der Waals surface area (Å²) in [4.78, 5) is 22.3. The molecule has 160 valence electrons. The minimum absolute atomic E-state index is 0. The van der Waals surface area contributed by atoms with Gasteiger partial charge in [-0.2, -0.15) is 0 Å². The Labute approximate surface area is 188 Å². The number of hydrogen-bond acceptors (Lipinski definition) is 6. The normalized spacial score (nSPS) is 24.5. The zero-order valence-electron chi connectivity index (χ0n) is 16.9. The summed E-state index contributed by atoms with van der Waals surface area (Å²) in [6.45, 7) is 4.38. The number of carbonyl (C=O) groups excluding carboxylic acids is 1. The molecule has 2 aromatic heterocycles. The van der Waals surface area contributed by atoms with Gasteiger partial charge in [-0.05, 0) is 33.1 Å². The summed E-state index contributed by atoms with van der Waals surface area (Å²) in [5, 5.41) is 8.85. The number of methoxy groups -OCH3 is 1. The molecular formula is C20H28Cl2N4O2S. The number of ether oxygens (including phenoxy) is 1. The molecule has 2 N–H and O–H groups in total. The first-order valence-electron chi connectivity index (χ1n) is 9.44. The van der Waals surface area contributed by atoms with Gasteiger partial charge in [0.05, 0.1) is 36.0 Å². The predicted octanol–water partition coefficient (Wildman–Crippen LogP) is 3.38. The molecule has 0 saturated carbocycles. The molecule has 2 aliphatic heterocycles. The van der Waals surface area contributed by atoms with Crippen LogP contribution in [0.15, 0.2) is 17.1 Å². The van der Waals surface area contributed by atoms with Gasteiger partial charge >= 0.3 is 0 Å². The highest BCUT2D eigenvalue weighted by Crippen LogP contribution is 2.46. The standard InChI is InChI=1S/C20H26N4O2S.2ClH/c1-12-8-21-16(13(2)18(12)26-3)9-22-19(25)20(7-15-10-27-11-23-15)6-14-4-5-17(20)24-14;;/h8,10-11,14,17,24H,4-7,9H2,1-3H3,(H,22,25);2*1H/t14-,17+,20-;;/m0../s1. The lowest BCUT2D eigenvalue weighted by Crippen LogP contribution is -2.50. The number of aromatic nitrogens is 2. The van der Waals surface area contributed by atoms with E-state index < -0.39 is 5.41 Å². The Hall–Kier alpha value is -1.41. The van der Waals surface area contributed by atoms with Gasteiger partial charge in [0.1, 0.15) is 5.75 Å². The zero-order valence-corrected chi connectivity index (χ0v) is 19.3. The molecule has 0 unspecified atom stereocenters. The van der Waals surface area contributed by atoms with E-state index in [9.17, 15) is 4.79 Å². The van der Waals surface area contributed by atoms with Crippen molar-refractivity contribution in [1.82, 2.24) is 20.6 Å². The highest BCUT2D eigenvalue weighted by atomic mass is 35.5. The SMILES string of the molecule is COc1c(C)cnc(CNC(=O)[C@]2(Cc3cscn3)C[C@@H]3CC[C@H]2N3)c1C.Cl.Cl. The summed E-state index contributed by atoms with van der Waals surface area (Å²) in [6, 6.07) is 0.671. The van der Waals surface area contributed by atoms with Crippen molar-refractivity contribution < 1.29 is 9.53 Å². The molecule has 2 fully saturated rings. The number of amides is 1. The summed E-state index contributed by atoms with van der Waals surface area (Å²) in [7, 11) is 1.67. The molecule has 2 aliphatic rings. The molecule has 0 aliphatic carbocycles. The highest BCUT2D eigenvalue weighted by Gasteiger charge is 2.55. The van der Waals surface area contributed by atoms with Gasteiger partial charge in [0.15, 0.2) is 0 Å².